The standard InChI is InChI=1S/C23H22N2O3/c26-22-20(9-10-24-21(22)15-17-5-2-1-3-6-17)18-7-4-8-19(16-18)23(27)25-11-13-28-14-12-25/h1-10,16,20H,11-15H2. The molecule has 0 radical (unpaired) electrons. The molecule has 2 aliphatic rings. The first kappa shape index (κ1) is 18.3. The van der Waals surface area contributed by atoms with Gasteiger partial charge in [0.1, 0.15) is 0 Å². The number of hydrogen-bond donors (Lipinski definition) is 0. The van der Waals surface area contributed by atoms with Gasteiger partial charge in [0.2, 0.25) is 0 Å². The van der Waals surface area contributed by atoms with Crippen LogP contribution in [0.1, 0.15) is 27.4 Å². The van der Waals surface area contributed by atoms with E-state index >= 15 is 0 Å². The van der Waals surface area contributed by atoms with Crippen LogP contribution in [-0.4, -0.2) is 48.6 Å². The summed E-state index contributed by atoms with van der Waals surface area (Å²) in [7, 11) is 0. The van der Waals surface area contributed by atoms with Crippen molar-refractivity contribution in [2.24, 2.45) is 4.99 Å². The summed E-state index contributed by atoms with van der Waals surface area (Å²) in [5.74, 6) is -0.438. The fraction of sp³-hybridized carbons (Fsp3) is 0.261. The Hall–Kier alpha value is -3.05. The van der Waals surface area contributed by atoms with Gasteiger partial charge >= 0.3 is 0 Å². The molecule has 0 bridgehead atoms. The van der Waals surface area contributed by atoms with E-state index in [1.54, 1.807) is 23.2 Å². The van der Waals surface area contributed by atoms with Gasteiger partial charge < -0.3 is 9.64 Å². The highest BCUT2D eigenvalue weighted by molar-refractivity contribution is 6.43. The Kier molecular flexibility index (Phi) is 5.44. The van der Waals surface area contributed by atoms with E-state index in [4.69, 9.17) is 4.74 Å². The summed E-state index contributed by atoms with van der Waals surface area (Å²) in [6.07, 6.45) is 4.00. The number of carbonyl (C=O) groups is 2. The molecule has 5 nitrogen and oxygen atoms in total. The number of carbonyl (C=O) groups excluding carboxylic acids is 2. The number of ketones is 1. The maximum absolute atomic E-state index is 13.0. The van der Waals surface area contributed by atoms with Crippen LogP contribution >= 0.6 is 0 Å². The quantitative estimate of drug-likeness (QED) is 0.827. The van der Waals surface area contributed by atoms with Crippen LogP contribution in [0.3, 0.4) is 0 Å². The van der Waals surface area contributed by atoms with Crippen molar-refractivity contribution in [1.82, 2.24) is 4.90 Å². The second-order valence-electron chi connectivity index (χ2n) is 6.95. The Morgan fingerprint density at radius 3 is 2.64 bits per heavy atom. The third-order valence-corrected chi connectivity index (χ3v) is 5.08. The highest BCUT2D eigenvalue weighted by Crippen LogP contribution is 2.25. The van der Waals surface area contributed by atoms with Crippen molar-refractivity contribution in [3.05, 3.63) is 83.6 Å². The normalized spacial score (nSPS) is 19.4. The van der Waals surface area contributed by atoms with Crippen LogP contribution in [0, 0.1) is 0 Å². The van der Waals surface area contributed by atoms with Crippen molar-refractivity contribution in [2.45, 2.75) is 12.3 Å². The largest absolute Gasteiger partial charge is 0.378 e. The molecule has 5 heteroatoms. The van der Waals surface area contributed by atoms with Crippen molar-refractivity contribution in [3.8, 4) is 0 Å². The average Bonchev–Trinajstić information content (AvgIpc) is 2.76. The van der Waals surface area contributed by atoms with Crippen molar-refractivity contribution in [1.29, 1.82) is 0 Å². The van der Waals surface area contributed by atoms with Gasteiger partial charge in [0.05, 0.1) is 24.8 Å². The van der Waals surface area contributed by atoms with Gasteiger partial charge in [0, 0.05) is 31.3 Å². The number of hydrogen-bond acceptors (Lipinski definition) is 4. The van der Waals surface area contributed by atoms with Crippen molar-refractivity contribution >= 4 is 17.4 Å². The number of morpholine rings is 1. The number of ether oxygens (including phenoxy) is 1. The highest BCUT2D eigenvalue weighted by atomic mass is 16.5. The number of Topliss-reactive ketones (excluding diaryl/α,β-unsaturated/α-hetero) is 1. The number of allylic oxidation sites excluding steroid dienone is 1. The lowest BCUT2D eigenvalue weighted by atomic mass is 9.87. The van der Waals surface area contributed by atoms with Gasteiger partial charge in [-0.2, -0.15) is 0 Å². The zero-order chi connectivity index (χ0) is 19.3. The molecule has 1 fully saturated rings. The van der Waals surface area contributed by atoms with E-state index in [1.165, 1.54) is 0 Å². The second kappa shape index (κ2) is 8.31. The molecule has 1 amide bonds. The van der Waals surface area contributed by atoms with E-state index in [9.17, 15) is 9.59 Å². The minimum absolute atomic E-state index is 0.0117. The van der Waals surface area contributed by atoms with Crippen LogP contribution in [0.25, 0.3) is 0 Å². The monoisotopic (exact) mass is 374 g/mol. The molecule has 1 saturated heterocycles. The van der Waals surface area contributed by atoms with Crippen molar-refractivity contribution < 1.29 is 14.3 Å². The fourth-order valence-electron chi connectivity index (χ4n) is 3.55. The minimum atomic E-state index is -0.409. The number of benzene rings is 2. The molecule has 0 aliphatic carbocycles. The summed E-state index contributed by atoms with van der Waals surface area (Å²) in [6.45, 7) is 2.32. The molecule has 0 N–H and O–H groups in total. The topological polar surface area (TPSA) is 59.0 Å². The van der Waals surface area contributed by atoms with Crippen LogP contribution in [0.5, 0.6) is 0 Å². The predicted molar refractivity (Wildman–Crippen MR) is 108 cm³/mol. The molecule has 0 saturated carbocycles. The Balaban J connectivity index is 1.53. The number of nitrogens with zero attached hydrogens (tertiary/aromatic N) is 2. The Labute approximate surface area is 164 Å². The molecular formula is C23H22N2O3. The molecule has 2 heterocycles. The molecule has 2 aliphatic heterocycles. The van der Waals surface area contributed by atoms with Gasteiger partial charge in [-0.3, -0.25) is 14.6 Å². The number of aliphatic imine (C=N–C) groups is 1. The smallest absolute Gasteiger partial charge is 0.254 e. The predicted octanol–water partition coefficient (Wildman–Crippen LogP) is 3.02. The average molecular weight is 374 g/mol. The first-order chi connectivity index (χ1) is 13.7. The van der Waals surface area contributed by atoms with Crippen LogP contribution in [0.2, 0.25) is 0 Å². The van der Waals surface area contributed by atoms with Gasteiger partial charge in [-0.25, -0.2) is 0 Å². The summed E-state index contributed by atoms with van der Waals surface area (Å²) in [5, 5.41) is 0. The molecule has 2 aromatic carbocycles. The van der Waals surface area contributed by atoms with Crippen molar-refractivity contribution in [3.63, 3.8) is 0 Å². The first-order valence-electron chi connectivity index (χ1n) is 9.51. The summed E-state index contributed by atoms with van der Waals surface area (Å²) in [6, 6.07) is 17.2. The maximum Gasteiger partial charge on any atom is 0.254 e. The third kappa shape index (κ3) is 3.94. The van der Waals surface area contributed by atoms with Gasteiger partial charge in [-0.05, 0) is 23.3 Å². The molecule has 0 aromatic heterocycles. The molecule has 142 valence electrons. The summed E-state index contributed by atoms with van der Waals surface area (Å²) >= 11 is 0. The molecule has 2 aromatic rings. The lowest BCUT2D eigenvalue weighted by molar-refractivity contribution is -0.113. The fourth-order valence-corrected chi connectivity index (χ4v) is 3.55. The van der Waals surface area contributed by atoms with E-state index < -0.39 is 5.92 Å². The maximum atomic E-state index is 13.0. The molecule has 28 heavy (non-hydrogen) atoms. The van der Waals surface area contributed by atoms with Crippen LogP contribution in [-0.2, 0) is 16.0 Å². The lowest BCUT2D eigenvalue weighted by Gasteiger charge is -2.27. The van der Waals surface area contributed by atoms with Crippen LogP contribution in [0.4, 0.5) is 0 Å². The summed E-state index contributed by atoms with van der Waals surface area (Å²) < 4.78 is 5.32. The zero-order valence-electron chi connectivity index (χ0n) is 15.6. The van der Waals surface area contributed by atoms with E-state index in [0.717, 1.165) is 11.1 Å². The lowest BCUT2D eigenvalue weighted by Crippen LogP contribution is -2.40. The molecule has 1 unspecified atom stereocenters. The second-order valence-corrected chi connectivity index (χ2v) is 6.95. The van der Waals surface area contributed by atoms with Crippen LogP contribution in [0.15, 0.2) is 71.9 Å². The van der Waals surface area contributed by atoms with Crippen molar-refractivity contribution in [2.75, 3.05) is 26.3 Å². The van der Waals surface area contributed by atoms with Gasteiger partial charge in [0.15, 0.2) is 5.78 Å². The minimum Gasteiger partial charge on any atom is -0.378 e. The third-order valence-electron chi connectivity index (χ3n) is 5.08. The van der Waals surface area contributed by atoms with Gasteiger partial charge in [0.25, 0.3) is 5.91 Å². The van der Waals surface area contributed by atoms with Gasteiger partial charge in [-0.1, -0.05) is 48.5 Å². The molecular weight excluding hydrogens is 352 g/mol. The molecule has 1 atom stereocenters. The highest BCUT2D eigenvalue weighted by Gasteiger charge is 2.26. The number of rotatable bonds is 4. The Morgan fingerprint density at radius 2 is 1.86 bits per heavy atom. The van der Waals surface area contributed by atoms with E-state index in [2.05, 4.69) is 4.99 Å². The first-order valence-corrected chi connectivity index (χ1v) is 9.51. The van der Waals surface area contributed by atoms with E-state index in [0.29, 0.717) is 44.0 Å². The SMILES string of the molecule is O=C1C(Cc2ccccc2)=NC=CC1c1cccc(C(=O)N2CCOCC2)c1. The van der Waals surface area contributed by atoms with E-state index in [1.807, 2.05) is 48.5 Å². The molecule has 4 rings (SSSR count). The zero-order valence-corrected chi connectivity index (χ0v) is 15.6. The van der Waals surface area contributed by atoms with Crippen LogP contribution < -0.4 is 0 Å². The Morgan fingerprint density at radius 1 is 1.07 bits per heavy atom. The summed E-state index contributed by atoms with van der Waals surface area (Å²) in [5.41, 5.74) is 3.03. The van der Waals surface area contributed by atoms with Gasteiger partial charge in [-0.15, -0.1) is 0 Å². The Bertz CT molecular complexity index is 928. The number of amides is 1. The molecule has 0 spiro atoms. The van der Waals surface area contributed by atoms with E-state index in [-0.39, 0.29) is 11.7 Å². The summed E-state index contributed by atoms with van der Waals surface area (Å²) in [4.78, 5) is 31.9.